The lowest BCUT2D eigenvalue weighted by Gasteiger charge is -2.22. The van der Waals surface area contributed by atoms with Gasteiger partial charge in [-0.1, -0.05) is 26.0 Å². The highest BCUT2D eigenvalue weighted by Crippen LogP contribution is 2.28. The van der Waals surface area contributed by atoms with Gasteiger partial charge in [-0.05, 0) is 68.1 Å². The van der Waals surface area contributed by atoms with Crippen molar-refractivity contribution >= 4 is 35.2 Å². The quantitative estimate of drug-likeness (QED) is 0.438. The number of hydrogen-bond acceptors (Lipinski definition) is 5. The second-order valence-electron chi connectivity index (χ2n) is 8.74. The van der Waals surface area contributed by atoms with Crippen molar-refractivity contribution in [1.29, 1.82) is 0 Å². The molecule has 1 atom stereocenters. The van der Waals surface area contributed by atoms with Crippen LogP contribution in [0.25, 0.3) is 0 Å². The lowest BCUT2D eigenvalue weighted by molar-refractivity contribution is -0.124. The zero-order valence-corrected chi connectivity index (χ0v) is 20.0. The van der Waals surface area contributed by atoms with E-state index < -0.39 is 29.9 Å². The van der Waals surface area contributed by atoms with Gasteiger partial charge < -0.3 is 15.0 Å². The Morgan fingerprint density at radius 2 is 1.79 bits per heavy atom. The topological polar surface area (TPSA) is 96.0 Å². The van der Waals surface area contributed by atoms with E-state index in [2.05, 4.69) is 5.32 Å². The highest BCUT2D eigenvalue weighted by molar-refractivity contribution is 6.22. The number of aryl methyl sites for hydroxylation is 1. The maximum absolute atomic E-state index is 13.3. The molecule has 34 heavy (non-hydrogen) atoms. The number of amides is 4. The van der Waals surface area contributed by atoms with Crippen molar-refractivity contribution in [3.63, 3.8) is 0 Å². The number of esters is 1. The van der Waals surface area contributed by atoms with E-state index in [-0.39, 0.29) is 13.0 Å². The van der Waals surface area contributed by atoms with Crippen molar-refractivity contribution in [3.05, 3.63) is 59.7 Å². The average molecular weight is 466 g/mol. The first-order chi connectivity index (χ1) is 16.2. The number of hydrogen-bond donors (Lipinski definition) is 1. The number of carbonyl (C=O) groups excluding carboxylic acids is 4. The molecule has 0 unspecified atom stereocenters. The number of nitrogens with zero attached hydrogens (tertiary/aromatic N) is 2. The summed E-state index contributed by atoms with van der Waals surface area (Å²) in [6, 6.07) is 12.2. The molecule has 0 aromatic heterocycles. The maximum Gasteiger partial charge on any atom is 0.338 e. The number of anilines is 2. The number of imide groups is 1. The Morgan fingerprint density at radius 1 is 1.09 bits per heavy atom. The van der Waals surface area contributed by atoms with Crippen LogP contribution in [0.4, 0.5) is 16.2 Å². The van der Waals surface area contributed by atoms with Crippen LogP contribution in [0.2, 0.25) is 0 Å². The third-order valence-electron chi connectivity index (χ3n) is 5.58. The molecule has 4 amide bonds. The van der Waals surface area contributed by atoms with Gasteiger partial charge in [0.25, 0.3) is 5.91 Å². The molecule has 1 aliphatic rings. The standard InChI is InChI=1S/C26H31N3O5/c1-5-34-25(32)19-9-11-20(12-10-19)27-23(30)16-22-24(31)29(21-8-6-7-18(4)15-21)26(33)28(22)14-13-17(2)3/h6-12,15,17,22H,5,13-14,16H2,1-4H3,(H,27,30)/t22-/m1/s1. The van der Waals surface area contributed by atoms with Crippen LogP contribution in [-0.2, 0) is 14.3 Å². The van der Waals surface area contributed by atoms with E-state index in [1.165, 1.54) is 9.80 Å². The zero-order chi connectivity index (χ0) is 24.8. The minimum absolute atomic E-state index is 0.162. The summed E-state index contributed by atoms with van der Waals surface area (Å²) in [4.78, 5) is 53.8. The van der Waals surface area contributed by atoms with Crippen LogP contribution in [0.3, 0.4) is 0 Å². The molecule has 1 N–H and O–H groups in total. The van der Waals surface area contributed by atoms with Gasteiger partial charge in [-0.15, -0.1) is 0 Å². The Hall–Kier alpha value is -3.68. The molecule has 8 heteroatoms. The van der Waals surface area contributed by atoms with Gasteiger partial charge in [0.15, 0.2) is 0 Å². The molecule has 180 valence electrons. The smallest absolute Gasteiger partial charge is 0.338 e. The lowest BCUT2D eigenvalue weighted by atomic mass is 10.1. The van der Waals surface area contributed by atoms with Crippen molar-refractivity contribution in [1.82, 2.24) is 4.90 Å². The summed E-state index contributed by atoms with van der Waals surface area (Å²) < 4.78 is 4.96. The van der Waals surface area contributed by atoms with Gasteiger partial charge in [-0.25, -0.2) is 14.5 Å². The Morgan fingerprint density at radius 3 is 2.41 bits per heavy atom. The third kappa shape index (κ3) is 5.81. The van der Waals surface area contributed by atoms with E-state index in [1.807, 2.05) is 26.8 Å². The summed E-state index contributed by atoms with van der Waals surface area (Å²) in [5.74, 6) is -0.904. The summed E-state index contributed by atoms with van der Waals surface area (Å²) in [6.45, 7) is 8.37. The fourth-order valence-corrected chi connectivity index (χ4v) is 3.78. The molecule has 0 aliphatic carbocycles. The van der Waals surface area contributed by atoms with Crippen molar-refractivity contribution < 1.29 is 23.9 Å². The molecule has 3 rings (SSSR count). The Labute approximate surface area is 199 Å². The van der Waals surface area contributed by atoms with Crippen LogP contribution in [0.1, 0.15) is 49.5 Å². The Kier molecular flexibility index (Phi) is 8.04. The molecule has 2 aromatic rings. The fraction of sp³-hybridized carbons (Fsp3) is 0.385. The van der Waals surface area contributed by atoms with Crippen molar-refractivity contribution in [3.8, 4) is 0 Å². The van der Waals surface area contributed by atoms with E-state index in [4.69, 9.17) is 4.74 Å². The molecule has 0 bridgehead atoms. The van der Waals surface area contributed by atoms with Crippen molar-refractivity contribution in [2.45, 2.75) is 46.6 Å². The first-order valence-electron chi connectivity index (χ1n) is 11.5. The normalized spacial score (nSPS) is 15.7. The van der Waals surface area contributed by atoms with E-state index in [0.717, 1.165) is 5.56 Å². The van der Waals surface area contributed by atoms with Crippen molar-refractivity contribution in [2.75, 3.05) is 23.4 Å². The van der Waals surface area contributed by atoms with Gasteiger partial charge in [-0.3, -0.25) is 9.59 Å². The molecule has 8 nitrogen and oxygen atoms in total. The van der Waals surface area contributed by atoms with Crippen LogP contribution >= 0.6 is 0 Å². The molecule has 1 saturated heterocycles. The van der Waals surface area contributed by atoms with Crippen LogP contribution < -0.4 is 10.2 Å². The highest BCUT2D eigenvalue weighted by atomic mass is 16.5. The molecule has 2 aromatic carbocycles. The molecule has 1 fully saturated rings. The van der Waals surface area contributed by atoms with Crippen LogP contribution in [0.15, 0.2) is 48.5 Å². The first kappa shape index (κ1) is 25.0. The summed E-state index contributed by atoms with van der Waals surface area (Å²) in [6.07, 6.45) is 0.554. The van der Waals surface area contributed by atoms with Gasteiger partial charge in [-0.2, -0.15) is 0 Å². The van der Waals surface area contributed by atoms with Crippen molar-refractivity contribution in [2.24, 2.45) is 5.92 Å². The molecular weight excluding hydrogens is 434 g/mol. The van der Waals surface area contributed by atoms with Gasteiger partial charge in [0, 0.05) is 12.2 Å². The van der Waals surface area contributed by atoms with Crippen LogP contribution in [0.5, 0.6) is 0 Å². The fourth-order valence-electron chi connectivity index (χ4n) is 3.78. The van der Waals surface area contributed by atoms with Gasteiger partial charge in [0.2, 0.25) is 5.91 Å². The first-order valence-corrected chi connectivity index (χ1v) is 11.5. The number of rotatable bonds is 9. The van der Waals surface area contributed by atoms with Gasteiger partial charge in [0.1, 0.15) is 6.04 Å². The molecular formula is C26H31N3O5. The second kappa shape index (κ2) is 11.0. The summed E-state index contributed by atoms with van der Waals surface area (Å²) >= 11 is 0. The highest BCUT2D eigenvalue weighted by Gasteiger charge is 2.46. The summed E-state index contributed by atoms with van der Waals surface area (Å²) in [7, 11) is 0. The van der Waals surface area contributed by atoms with E-state index >= 15 is 0 Å². The second-order valence-corrected chi connectivity index (χ2v) is 8.74. The largest absolute Gasteiger partial charge is 0.462 e. The van der Waals surface area contributed by atoms with E-state index in [0.29, 0.717) is 35.8 Å². The summed E-state index contributed by atoms with van der Waals surface area (Å²) in [5.41, 5.74) is 2.30. The number of benzene rings is 2. The maximum atomic E-state index is 13.3. The molecule has 0 saturated carbocycles. The number of urea groups is 1. The van der Waals surface area contributed by atoms with Gasteiger partial charge in [0.05, 0.1) is 24.3 Å². The minimum Gasteiger partial charge on any atom is -0.462 e. The predicted molar refractivity (Wildman–Crippen MR) is 130 cm³/mol. The molecule has 0 spiro atoms. The Balaban J connectivity index is 1.75. The SMILES string of the molecule is CCOC(=O)c1ccc(NC(=O)C[C@@H]2C(=O)N(c3cccc(C)c3)C(=O)N2CCC(C)C)cc1. The number of ether oxygens (including phenoxy) is 1. The van der Waals surface area contributed by atoms with Crippen LogP contribution in [-0.4, -0.2) is 47.9 Å². The van der Waals surface area contributed by atoms with Gasteiger partial charge >= 0.3 is 12.0 Å². The molecule has 0 radical (unpaired) electrons. The monoisotopic (exact) mass is 465 g/mol. The third-order valence-corrected chi connectivity index (χ3v) is 5.58. The number of carbonyl (C=O) groups is 4. The van der Waals surface area contributed by atoms with Crippen LogP contribution in [0, 0.1) is 12.8 Å². The zero-order valence-electron chi connectivity index (χ0n) is 20.0. The summed E-state index contributed by atoms with van der Waals surface area (Å²) in [5, 5.41) is 2.75. The van der Waals surface area contributed by atoms with E-state index in [9.17, 15) is 19.2 Å². The Bertz CT molecular complexity index is 1060. The minimum atomic E-state index is -0.884. The molecule has 1 heterocycles. The lowest BCUT2D eigenvalue weighted by Crippen LogP contribution is -2.39. The van der Waals surface area contributed by atoms with E-state index in [1.54, 1.807) is 49.4 Å². The average Bonchev–Trinajstić information content (AvgIpc) is 3.01. The molecule has 1 aliphatic heterocycles. The predicted octanol–water partition coefficient (Wildman–Crippen LogP) is 4.38. The number of nitrogens with one attached hydrogen (secondary N) is 1.